The minimum Gasteiger partial charge on any atom is -0.393 e. The first kappa shape index (κ1) is 18.6. The third-order valence-electron chi connectivity index (χ3n) is 4.46. The maximum absolute atomic E-state index is 10.3. The molecular weight excluding hydrogens is 266 g/mol. The summed E-state index contributed by atoms with van der Waals surface area (Å²) in [4.78, 5) is 2.29. The molecule has 0 radical (unpaired) electrons. The molecule has 0 saturated carbocycles. The van der Waals surface area contributed by atoms with Crippen LogP contribution in [0.4, 0.5) is 0 Å². The Morgan fingerprint density at radius 1 is 1.29 bits per heavy atom. The third-order valence-corrected chi connectivity index (χ3v) is 4.46. The summed E-state index contributed by atoms with van der Waals surface area (Å²) in [5.74, 6) is 0. The van der Waals surface area contributed by atoms with E-state index >= 15 is 0 Å². The molecule has 1 heterocycles. The molecule has 1 fully saturated rings. The normalized spacial score (nSPS) is 24.8. The van der Waals surface area contributed by atoms with Crippen LogP contribution in [0, 0.1) is 0 Å². The molecule has 1 unspecified atom stereocenters. The molecule has 4 heteroatoms. The van der Waals surface area contributed by atoms with Gasteiger partial charge in [-0.3, -0.25) is 4.90 Å². The van der Waals surface area contributed by atoms with Crippen molar-refractivity contribution < 1.29 is 14.9 Å². The van der Waals surface area contributed by atoms with Crippen molar-refractivity contribution in [2.75, 3.05) is 13.2 Å². The van der Waals surface area contributed by atoms with E-state index in [1.54, 1.807) is 6.08 Å². The summed E-state index contributed by atoms with van der Waals surface area (Å²) in [6.45, 7) is 16.9. The first-order valence-electron chi connectivity index (χ1n) is 7.81. The number of nitrogens with zero attached hydrogens (tertiary/aromatic N) is 1. The van der Waals surface area contributed by atoms with Gasteiger partial charge in [-0.25, -0.2) is 0 Å². The minimum atomic E-state index is -0.557. The highest BCUT2D eigenvalue weighted by Gasteiger charge is 2.45. The summed E-state index contributed by atoms with van der Waals surface area (Å²) in [5.41, 5.74) is -0.712. The molecule has 1 rings (SSSR count). The molecule has 21 heavy (non-hydrogen) atoms. The number of hydrogen-bond acceptors (Lipinski definition) is 4. The summed E-state index contributed by atoms with van der Waals surface area (Å²) < 4.78 is 5.70. The fourth-order valence-electron chi connectivity index (χ4n) is 3.39. The van der Waals surface area contributed by atoms with Gasteiger partial charge in [0.05, 0.1) is 24.4 Å². The number of hydrogen-bond donors (Lipinski definition) is 2. The van der Waals surface area contributed by atoms with Crippen molar-refractivity contribution in [2.45, 2.75) is 83.3 Å². The lowest BCUT2D eigenvalue weighted by atomic mass is 9.78. The first-order valence-corrected chi connectivity index (χ1v) is 7.81. The Balaban J connectivity index is 2.68. The maximum atomic E-state index is 10.3. The van der Waals surface area contributed by atoms with Crippen LogP contribution in [0.1, 0.15) is 54.4 Å². The predicted octanol–water partition coefficient (Wildman–Crippen LogP) is 2.34. The van der Waals surface area contributed by atoms with Crippen LogP contribution in [0.5, 0.6) is 0 Å². The highest BCUT2D eigenvalue weighted by Crippen LogP contribution is 2.38. The molecule has 1 aliphatic heterocycles. The van der Waals surface area contributed by atoms with E-state index in [1.807, 2.05) is 13.8 Å². The van der Waals surface area contributed by atoms with E-state index in [1.165, 1.54) is 0 Å². The molecule has 1 atom stereocenters. The highest BCUT2D eigenvalue weighted by molar-refractivity contribution is 5.00. The smallest absolute Gasteiger partial charge is 0.0901 e. The highest BCUT2D eigenvalue weighted by atomic mass is 16.5. The molecule has 4 nitrogen and oxygen atoms in total. The molecule has 0 aromatic carbocycles. The van der Waals surface area contributed by atoms with Crippen molar-refractivity contribution in [2.24, 2.45) is 0 Å². The number of aliphatic hydroxyl groups is 2. The molecule has 0 aromatic rings. The van der Waals surface area contributed by atoms with Crippen molar-refractivity contribution in [3.63, 3.8) is 0 Å². The van der Waals surface area contributed by atoms with Crippen LogP contribution in [-0.4, -0.2) is 57.2 Å². The van der Waals surface area contributed by atoms with E-state index in [9.17, 15) is 10.2 Å². The van der Waals surface area contributed by atoms with Crippen molar-refractivity contribution in [1.82, 2.24) is 4.90 Å². The number of likely N-dealkylation sites (tertiary alicyclic amines) is 1. The average molecular weight is 299 g/mol. The number of rotatable bonds is 6. The van der Waals surface area contributed by atoms with Crippen LogP contribution in [0.2, 0.25) is 0 Å². The van der Waals surface area contributed by atoms with Gasteiger partial charge in [0.2, 0.25) is 0 Å². The van der Waals surface area contributed by atoms with Crippen molar-refractivity contribution in [1.29, 1.82) is 0 Å². The maximum Gasteiger partial charge on any atom is 0.0901 e. The van der Waals surface area contributed by atoms with E-state index in [0.29, 0.717) is 6.54 Å². The van der Waals surface area contributed by atoms with Gasteiger partial charge in [0.15, 0.2) is 0 Å². The average Bonchev–Trinajstić information content (AvgIpc) is 2.30. The second-order valence-corrected chi connectivity index (χ2v) is 8.07. The van der Waals surface area contributed by atoms with Crippen LogP contribution in [0.15, 0.2) is 12.7 Å². The SMILES string of the molecule is C=CC(C)(C)OCC(O)CN1C(C)(C)CC(O)CC1(C)C. The van der Waals surface area contributed by atoms with Gasteiger partial charge in [-0.2, -0.15) is 0 Å². The summed E-state index contributed by atoms with van der Waals surface area (Å²) in [6.07, 6.45) is 2.35. The standard InChI is InChI=1S/C17H33NO3/c1-8-17(6,7)21-12-14(20)11-18-15(2,3)9-13(19)10-16(18,4)5/h8,13-14,19-20H,1,9-12H2,2-7H3. The molecule has 124 valence electrons. The Hall–Kier alpha value is -0.420. The molecule has 1 saturated heterocycles. The van der Waals surface area contributed by atoms with Crippen molar-refractivity contribution in [3.05, 3.63) is 12.7 Å². The van der Waals surface area contributed by atoms with E-state index < -0.39 is 11.7 Å². The van der Waals surface area contributed by atoms with E-state index in [-0.39, 0.29) is 23.8 Å². The summed E-state index contributed by atoms with van der Waals surface area (Å²) in [7, 11) is 0. The lowest BCUT2D eigenvalue weighted by molar-refractivity contribution is -0.112. The Bertz CT molecular complexity index is 345. The first-order chi connectivity index (χ1) is 9.39. The fourth-order valence-corrected chi connectivity index (χ4v) is 3.39. The van der Waals surface area contributed by atoms with E-state index in [4.69, 9.17) is 4.74 Å². The zero-order chi connectivity index (χ0) is 16.5. The van der Waals surface area contributed by atoms with Gasteiger partial charge < -0.3 is 14.9 Å². The van der Waals surface area contributed by atoms with Gasteiger partial charge in [-0.05, 0) is 54.4 Å². The molecule has 2 N–H and O–H groups in total. The van der Waals surface area contributed by atoms with Crippen molar-refractivity contribution >= 4 is 0 Å². The summed E-state index contributed by atoms with van der Waals surface area (Å²) in [6, 6.07) is 0. The topological polar surface area (TPSA) is 52.9 Å². The van der Waals surface area contributed by atoms with Gasteiger partial charge in [0, 0.05) is 17.6 Å². The van der Waals surface area contributed by atoms with Gasteiger partial charge in [-0.15, -0.1) is 6.58 Å². The Kier molecular flexibility index (Phi) is 5.65. The molecule has 0 spiro atoms. The monoisotopic (exact) mass is 299 g/mol. The second kappa shape index (κ2) is 6.37. The lowest BCUT2D eigenvalue weighted by Crippen LogP contribution is -2.63. The lowest BCUT2D eigenvalue weighted by Gasteiger charge is -2.55. The number of β-amino-alcohol motifs (C(OH)–C–C–N with tert-alkyl or cyclic N) is 1. The Morgan fingerprint density at radius 3 is 2.19 bits per heavy atom. The summed E-state index contributed by atoms with van der Waals surface area (Å²) in [5, 5.41) is 20.4. The van der Waals surface area contributed by atoms with Crippen LogP contribution < -0.4 is 0 Å². The van der Waals surface area contributed by atoms with Crippen LogP contribution in [-0.2, 0) is 4.74 Å². The van der Waals surface area contributed by atoms with E-state index in [2.05, 4.69) is 39.2 Å². The second-order valence-electron chi connectivity index (χ2n) is 8.07. The minimum absolute atomic E-state index is 0.143. The molecule has 0 aliphatic carbocycles. The number of piperidine rings is 1. The van der Waals surface area contributed by atoms with E-state index in [0.717, 1.165) is 12.8 Å². The van der Waals surface area contributed by atoms with Gasteiger partial charge >= 0.3 is 0 Å². The third kappa shape index (κ3) is 5.06. The fraction of sp³-hybridized carbons (Fsp3) is 0.882. The molecule has 0 amide bonds. The summed E-state index contributed by atoms with van der Waals surface area (Å²) >= 11 is 0. The van der Waals surface area contributed by atoms with Crippen LogP contribution in [0.25, 0.3) is 0 Å². The van der Waals surface area contributed by atoms with Crippen molar-refractivity contribution in [3.8, 4) is 0 Å². The quantitative estimate of drug-likeness (QED) is 0.739. The Labute approximate surface area is 129 Å². The largest absolute Gasteiger partial charge is 0.393 e. The molecule has 0 aromatic heterocycles. The molecular formula is C17H33NO3. The zero-order valence-electron chi connectivity index (χ0n) is 14.5. The van der Waals surface area contributed by atoms with Gasteiger partial charge in [0.1, 0.15) is 0 Å². The molecule has 1 aliphatic rings. The Morgan fingerprint density at radius 2 is 1.76 bits per heavy atom. The predicted molar refractivity (Wildman–Crippen MR) is 86.3 cm³/mol. The van der Waals surface area contributed by atoms with Gasteiger partial charge in [-0.1, -0.05) is 6.08 Å². The molecule has 0 bridgehead atoms. The number of aliphatic hydroxyl groups excluding tert-OH is 2. The van der Waals surface area contributed by atoms with Crippen LogP contribution >= 0.6 is 0 Å². The van der Waals surface area contributed by atoms with Crippen LogP contribution in [0.3, 0.4) is 0 Å². The van der Waals surface area contributed by atoms with Gasteiger partial charge in [0.25, 0.3) is 0 Å². The zero-order valence-corrected chi connectivity index (χ0v) is 14.5. The number of ether oxygens (including phenoxy) is 1.